The van der Waals surface area contributed by atoms with Crippen molar-refractivity contribution < 1.29 is 14.0 Å². The van der Waals surface area contributed by atoms with Crippen molar-refractivity contribution in [3.05, 3.63) is 107 Å². The van der Waals surface area contributed by atoms with Crippen LogP contribution in [0.5, 0.6) is 0 Å². The molecule has 0 unspecified atom stereocenters. The van der Waals surface area contributed by atoms with E-state index in [1.807, 2.05) is 42.1 Å². The van der Waals surface area contributed by atoms with E-state index in [1.54, 1.807) is 42.4 Å². The van der Waals surface area contributed by atoms with Gasteiger partial charge < -0.3 is 14.6 Å². The lowest BCUT2D eigenvalue weighted by molar-refractivity contribution is 0.0784. The molecule has 0 fully saturated rings. The van der Waals surface area contributed by atoms with E-state index < -0.39 is 0 Å². The largest absolute Gasteiger partial charge is 0.459 e. The minimum absolute atomic E-state index is 0.144. The molecule has 2 aromatic heterocycles. The highest BCUT2D eigenvalue weighted by Gasteiger charge is 2.16. The van der Waals surface area contributed by atoms with Crippen LogP contribution in [0, 0.1) is 6.92 Å². The van der Waals surface area contributed by atoms with Crippen molar-refractivity contribution >= 4 is 17.5 Å². The number of hydrogen-bond acceptors (Lipinski definition) is 4. The standard InChI is InChI=1S/C25H24N4O3/c1-18-10-11-21(13-22(18)27-24(30)23-9-6-12-32-23)25(31)28(2)15-20-14-26-29(17-20)16-19-7-4-3-5-8-19/h3-14,17H,15-16H2,1-2H3,(H,27,30). The van der Waals surface area contributed by atoms with Crippen LogP contribution in [0.15, 0.2) is 83.7 Å². The van der Waals surface area contributed by atoms with Crippen LogP contribution in [-0.2, 0) is 13.1 Å². The lowest BCUT2D eigenvalue weighted by Crippen LogP contribution is -2.26. The van der Waals surface area contributed by atoms with Gasteiger partial charge in [0.1, 0.15) is 0 Å². The van der Waals surface area contributed by atoms with E-state index >= 15 is 0 Å². The lowest BCUT2D eigenvalue weighted by Gasteiger charge is -2.17. The second kappa shape index (κ2) is 9.34. The molecule has 0 aliphatic carbocycles. The molecule has 162 valence electrons. The fourth-order valence-corrected chi connectivity index (χ4v) is 3.39. The van der Waals surface area contributed by atoms with Crippen molar-refractivity contribution in [2.24, 2.45) is 0 Å². The zero-order valence-corrected chi connectivity index (χ0v) is 18.0. The second-order valence-corrected chi connectivity index (χ2v) is 7.65. The maximum absolute atomic E-state index is 13.0. The highest BCUT2D eigenvalue weighted by molar-refractivity contribution is 6.03. The van der Waals surface area contributed by atoms with E-state index in [9.17, 15) is 9.59 Å². The zero-order chi connectivity index (χ0) is 22.5. The van der Waals surface area contributed by atoms with Crippen molar-refractivity contribution in [3.8, 4) is 0 Å². The summed E-state index contributed by atoms with van der Waals surface area (Å²) >= 11 is 0. The van der Waals surface area contributed by atoms with Gasteiger partial charge in [-0.2, -0.15) is 5.10 Å². The summed E-state index contributed by atoms with van der Waals surface area (Å²) in [7, 11) is 1.75. The summed E-state index contributed by atoms with van der Waals surface area (Å²) in [6, 6.07) is 18.6. The third kappa shape index (κ3) is 4.95. The van der Waals surface area contributed by atoms with Crippen molar-refractivity contribution in [3.63, 3.8) is 0 Å². The molecule has 2 aromatic carbocycles. The monoisotopic (exact) mass is 428 g/mol. The minimum atomic E-state index is -0.359. The van der Waals surface area contributed by atoms with Crippen LogP contribution in [0.25, 0.3) is 0 Å². The van der Waals surface area contributed by atoms with Gasteiger partial charge in [0.05, 0.1) is 19.0 Å². The van der Waals surface area contributed by atoms with Gasteiger partial charge in [0.2, 0.25) is 0 Å². The number of anilines is 1. The summed E-state index contributed by atoms with van der Waals surface area (Å²) in [5.74, 6) is -0.290. The van der Waals surface area contributed by atoms with Gasteiger partial charge >= 0.3 is 0 Å². The quantitative estimate of drug-likeness (QED) is 0.474. The third-order valence-electron chi connectivity index (χ3n) is 5.12. The van der Waals surface area contributed by atoms with Crippen LogP contribution in [0.1, 0.15) is 37.6 Å². The van der Waals surface area contributed by atoms with Gasteiger partial charge in [0.15, 0.2) is 5.76 Å². The number of nitrogens with one attached hydrogen (secondary N) is 1. The highest BCUT2D eigenvalue weighted by Crippen LogP contribution is 2.20. The summed E-state index contributed by atoms with van der Waals surface area (Å²) in [6.45, 7) is 2.97. The molecule has 0 radical (unpaired) electrons. The van der Waals surface area contributed by atoms with Crippen LogP contribution < -0.4 is 5.32 Å². The van der Waals surface area contributed by atoms with Gasteiger partial charge in [0, 0.05) is 36.6 Å². The van der Waals surface area contributed by atoms with Crippen molar-refractivity contribution in [2.75, 3.05) is 12.4 Å². The number of aryl methyl sites for hydroxylation is 1. The third-order valence-corrected chi connectivity index (χ3v) is 5.12. The highest BCUT2D eigenvalue weighted by atomic mass is 16.3. The number of carbonyl (C=O) groups is 2. The fourth-order valence-electron chi connectivity index (χ4n) is 3.39. The summed E-state index contributed by atoms with van der Waals surface area (Å²) in [5, 5.41) is 7.21. The molecule has 7 heteroatoms. The van der Waals surface area contributed by atoms with Crippen LogP contribution in [0.3, 0.4) is 0 Å². The molecule has 0 aliphatic rings. The van der Waals surface area contributed by atoms with Gasteiger partial charge in [-0.15, -0.1) is 0 Å². The molecule has 0 saturated carbocycles. The molecular weight excluding hydrogens is 404 g/mol. The van der Waals surface area contributed by atoms with Crippen molar-refractivity contribution in [1.29, 1.82) is 0 Å². The fraction of sp³-hybridized carbons (Fsp3) is 0.160. The first-order chi connectivity index (χ1) is 15.5. The molecule has 2 heterocycles. The van der Waals surface area contributed by atoms with E-state index in [0.29, 0.717) is 24.3 Å². The van der Waals surface area contributed by atoms with Gasteiger partial charge in [-0.25, -0.2) is 0 Å². The van der Waals surface area contributed by atoms with E-state index in [0.717, 1.165) is 16.7 Å². The number of carbonyl (C=O) groups excluding carboxylic acids is 2. The summed E-state index contributed by atoms with van der Waals surface area (Å²) < 4.78 is 6.99. The predicted molar refractivity (Wildman–Crippen MR) is 121 cm³/mol. The van der Waals surface area contributed by atoms with Crippen LogP contribution in [0.4, 0.5) is 5.69 Å². The number of nitrogens with zero attached hydrogens (tertiary/aromatic N) is 3. The van der Waals surface area contributed by atoms with Crippen LogP contribution in [0.2, 0.25) is 0 Å². The number of benzene rings is 2. The number of rotatable bonds is 7. The molecule has 2 amide bonds. The Hall–Kier alpha value is -4.13. The molecule has 32 heavy (non-hydrogen) atoms. The Balaban J connectivity index is 1.42. The number of hydrogen-bond donors (Lipinski definition) is 1. The van der Waals surface area contributed by atoms with E-state index in [1.165, 1.54) is 6.26 Å². The first kappa shape index (κ1) is 21.1. The topological polar surface area (TPSA) is 80.4 Å². The van der Waals surface area contributed by atoms with Gasteiger partial charge in [-0.3, -0.25) is 14.3 Å². The Morgan fingerprint density at radius 3 is 2.62 bits per heavy atom. The second-order valence-electron chi connectivity index (χ2n) is 7.65. The number of furan rings is 1. The molecule has 0 bridgehead atoms. The Morgan fingerprint density at radius 2 is 1.88 bits per heavy atom. The molecule has 7 nitrogen and oxygen atoms in total. The Bertz CT molecular complexity index is 1210. The minimum Gasteiger partial charge on any atom is -0.459 e. The summed E-state index contributed by atoms with van der Waals surface area (Å²) in [4.78, 5) is 26.9. The van der Waals surface area contributed by atoms with Gasteiger partial charge in [-0.05, 0) is 42.3 Å². The first-order valence-electron chi connectivity index (χ1n) is 10.3. The van der Waals surface area contributed by atoms with E-state index in [-0.39, 0.29) is 17.6 Å². The van der Waals surface area contributed by atoms with Gasteiger partial charge in [0.25, 0.3) is 11.8 Å². The molecule has 0 aliphatic heterocycles. The van der Waals surface area contributed by atoms with Crippen LogP contribution >= 0.6 is 0 Å². The smallest absolute Gasteiger partial charge is 0.291 e. The molecule has 0 spiro atoms. The molecule has 4 rings (SSSR count). The average molecular weight is 428 g/mol. The predicted octanol–water partition coefficient (Wildman–Crippen LogP) is 4.36. The van der Waals surface area contributed by atoms with Crippen molar-refractivity contribution in [2.45, 2.75) is 20.0 Å². The number of aromatic nitrogens is 2. The maximum atomic E-state index is 13.0. The van der Waals surface area contributed by atoms with Crippen LogP contribution in [-0.4, -0.2) is 33.5 Å². The SMILES string of the molecule is Cc1ccc(C(=O)N(C)Cc2cnn(Cc3ccccc3)c2)cc1NC(=O)c1ccco1. The molecule has 0 atom stereocenters. The van der Waals surface area contributed by atoms with Gasteiger partial charge in [-0.1, -0.05) is 36.4 Å². The molecular formula is C25H24N4O3. The van der Waals surface area contributed by atoms with E-state index in [2.05, 4.69) is 22.5 Å². The Kier molecular flexibility index (Phi) is 6.17. The molecule has 1 N–H and O–H groups in total. The molecule has 4 aromatic rings. The maximum Gasteiger partial charge on any atom is 0.291 e. The summed E-state index contributed by atoms with van der Waals surface area (Å²) in [6.07, 6.45) is 5.16. The normalized spacial score (nSPS) is 10.7. The van der Waals surface area contributed by atoms with Crippen molar-refractivity contribution in [1.82, 2.24) is 14.7 Å². The Morgan fingerprint density at radius 1 is 1.06 bits per heavy atom. The average Bonchev–Trinajstić information content (AvgIpc) is 3.48. The Labute approximate surface area is 186 Å². The summed E-state index contributed by atoms with van der Waals surface area (Å²) in [5.41, 5.74) is 4.02. The molecule has 0 saturated heterocycles. The first-order valence-corrected chi connectivity index (χ1v) is 10.3. The zero-order valence-electron chi connectivity index (χ0n) is 18.0. The number of amides is 2. The lowest BCUT2D eigenvalue weighted by atomic mass is 10.1. The van der Waals surface area contributed by atoms with E-state index in [4.69, 9.17) is 4.42 Å².